The SMILES string of the molecule is COCNC(=O)[C@@H]1C[C@@H](C2CCCCC2)CN1C(=O)OC(C)(C)C. The fraction of sp³-hybridized carbons (Fsp3) is 0.889. The molecule has 0 radical (unpaired) electrons. The number of carbonyl (C=O) groups is 2. The topological polar surface area (TPSA) is 67.9 Å². The molecule has 2 rings (SSSR count). The maximum absolute atomic E-state index is 12.6. The third-order valence-corrected chi connectivity index (χ3v) is 4.97. The van der Waals surface area contributed by atoms with Gasteiger partial charge in [0.15, 0.2) is 0 Å². The van der Waals surface area contributed by atoms with Crippen molar-refractivity contribution < 1.29 is 19.1 Å². The van der Waals surface area contributed by atoms with Crippen LogP contribution in [0.4, 0.5) is 4.79 Å². The van der Waals surface area contributed by atoms with E-state index >= 15 is 0 Å². The lowest BCUT2D eigenvalue weighted by Gasteiger charge is -2.29. The van der Waals surface area contributed by atoms with Gasteiger partial charge in [0, 0.05) is 13.7 Å². The predicted octanol–water partition coefficient (Wildman–Crippen LogP) is 2.91. The number of ether oxygens (including phenoxy) is 2. The third kappa shape index (κ3) is 5.10. The Labute approximate surface area is 145 Å². The van der Waals surface area contributed by atoms with Crippen LogP contribution in [-0.2, 0) is 14.3 Å². The Balaban J connectivity index is 2.07. The molecule has 0 bridgehead atoms. The molecule has 1 aliphatic heterocycles. The molecule has 138 valence electrons. The third-order valence-electron chi connectivity index (χ3n) is 4.97. The number of rotatable bonds is 4. The number of likely N-dealkylation sites (tertiary alicyclic amines) is 1. The average molecular weight is 340 g/mol. The molecule has 24 heavy (non-hydrogen) atoms. The Hall–Kier alpha value is -1.30. The van der Waals surface area contributed by atoms with Crippen LogP contribution in [0.25, 0.3) is 0 Å². The number of hydrogen-bond donors (Lipinski definition) is 1. The fourth-order valence-corrected chi connectivity index (χ4v) is 3.85. The van der Waals surface area contributed by atoms with Gasteiger partial charge in [-0.15, -0.1) is 0 Å². The number of hydrogen-bond acceptors (Lipinski definition) is 4. The minimum atomic E-state index is -0.562. The summed E-state index contributed by atoms with van der Waals surface area (Å²) in [6.45, 7) is 6.31. The second-order valence-corrected chi connectivity index (χ2v) is 8.02. The Kier molecular flexibility index (Phi) is 6.49. The first-order valence-corrected chi connectivity index (χ1v) is 9.08. The maximum Gasteiger partial charge on any atom is 0.410 e. The van der Waals surface area contributed by atoms with Gasteiger partial charge < -0.3 is 14.8 Å². The van der Waals surface area contributed by atoms with E-state index in [9.17, 15) is 9.59 Å². The molecule has 2 aliphatic rings. The largest absolute Gasteiger partial charge is 0.444 e. The van der Waals surface area contributed by atoms with Crippen molar-refractivity contribution in [2.75, 3.05) is 20.4 Å². The van der Waals surface area contributed by atoms with Gasteiger partial charge >= 0.3 is 6.09 Å². The highest BCUT2D eigenvalue weighted by molar-refractivity contribution is 5.86. The van der Waals surface area contributed by atoms with Crippen molar-refractivity contribution in [3.05, 3.63) is 0 Å². The van der Waals surface area contributed by atoms with Gasteiger partial charge in [0.1, 0.15) is 18.4 Å². The van der Waals surface area contributed by atoms with Crippen LogP contribution in [0.1, 0.15) is 59.3 Å². The van der Waals surface area contributed by atoms with Crippen LogP contribution in [0.2, 0.25) is 0 Å². The first-order valence-electron chi connectivity index (χ1n) is 9.08. The van der Waals surface area contributed by atoms with Gasteiger partial charge in [0.2, 0.25) is 5.91 Å². The van der Waals surface area contributed by atoms with Crippen LogP contribution >= 0.6 is 0 Å². The molecule has 0 unspecified atom stereocenters. The van der Waals surface area contributed by atoms with Crippen molar-refractivity contribution in [1.82, 2.24) is 10.2 Å². The summed E-state index contributed by atoms with van der Waals surface area (Å²) < 4.78 is 10.4. The van der Waals surface area contributed by atoms with Gasteiger partial charge in [0.05, 0.1) is 0 Å². The second-order valence-electron chi connectivity index (χ2n) is 8.02. The van der Waals surface area contributed by atoms with E-state index in [0.29, 0.717) is 18.4 Å². The van der Waals surface area contributed by atoms with Crippen LogP contribution < -0.4 is 5.32 Å². The van der Waals surface area contributed by atoms with Crippen LogP contribution in [0.5, 0.6) is 0 Å². The maximum atomic E-state index is 12.6. The molecule has 0 spiro atoms. The van der Waals surface area contributed by atoms with Gasteiger partial charge in [-0.2, -0.15) is 0 Å². The van der Waals surface area contributed by atoms with Crippen molar-refractivity contribution in [1.29, 1.82) is 0 Å². The van der Waals surface area contributed by atoms with Gasteiger partial charge in [-0.1, -0.05) is 32.1 Å². The molecule has 1 saturated heterocycles. The molecular weight excluding hydrogens is 308 g/mol. The molecule has 1 heterocycles. The first kappa shape index (κ1) is 19.0. The normalized spacial score (nSPS) is 25.6. The zero-order valence-electron chi connectivity index (χ0n) is 15.5. The Morgan fingerprint density at radius 3 is 2.38 bits per heavy atom. The van der Waals surface area contributed by atoms with Gasteiger partial charge in [-0.3, -0.25) is 9.69 Å². The standard InChI is InChI=1S/C18H32N2O4/c1-18(2,3)24-17(22)20-11-14(13-8-6-5-7-9-13)10-15(20)16(21)19-12-23-4/h13-15H,5-12H2,1-4H3,(H,19,21)/t14-,15+/m1/s1. The number of methoxy groups -OCH3 is 1. The van der Waals surface area contributed by atoms with E-state index in [1.54, 1.807) is 4.90 Å². The van der Waals surface area contributed by atoms with Crippen molar-refractivity contribution >= 4 is 12.0 Å². The summed E-state index contributed by atoms with van der Waals surface area (Å²) in [6, 6.07) is -0.457. The van der Waals surface area contributed by atoms with E-state index in [2.05, 4.69) is 5.32 Å². The predicted molar refractivity (Wildman–Crippen MR) is 91.4 cm³/mol. The number of carbonyl (C=O) groups excluding carboxylic acids is 2. The zero-order chi connectivity index (χ0) is 17.7. The molecule has 2 fully saturated rings. The minimum absolute atomic E-state index is 0.152. The van der Waals surface area contributed by atoms with Crippen molar-refractivity contribution in [2.45, 2.75) is 70.9 Å². The highest BCUT2D eigenvalue weighted by atomic mass is 16.6. The molecule has 6 nitrogen and oxygen atoms in total. The summed E-state index contributed by atoms with van der Waals surface area (Å²) in [7, 11) is 1.53. The van der Waals surface area contributed by atoms with Crippen molar-refractivity contribution in [3.63, 3.8) is 0 Å². The molecule has 1 N–H and O–H groups in total. The Morgan fingerprint density at radius 1 is 1.12 bits per heavy atom. The van der Waals surface area contributed by atoms with E-state index in [-0.39, 0.29) is 12.6 Å². The van der Waals surface area contributed by atoms with Crippen molar-refractivity contribution in [3.8, 4) is 0 Å². The van der Waals surface area contributed by atoms with Gasteiger partial charge in [0.25, 0.3) is 0 Å². The molecule has 0 aromatic heterocycles. The van der Waals surface area contributed by atoms with E-state index in [4.69, 9.17) is 9.47 Å². The van der Waals surface area contributed by atoms with E-state index in [1.165, 1.54) is 39.2 Å². The molecule has 0 aromatic carbocycles. The van der Waals surface area contributed by atoms with Crippen LogP contribution in [0.3, 0.4) is 0 Å². The summed E-state index contributed by atoms with van der Waals surface area (Å²) in [5.74, 6) is 0.848. The lowest BCUT2D eigenvalue weighted by molar-refractivity contribution is -0.127. The number of nitrogens with one attached hydrogen (secondary N) is 1. The zero-order valence-corrected chi connectivity index (χ0v) is 15.5. The molecule has 1 aliphatic carbocycles. The molecule has 1 saturated carbocycles. The Bertz CT molecular complexity index is 441. The Morgan fingerprint density at radius 2 is 1.79 bits per heavy atom. The summed E-state index contributed by atoms with van der Waals surface area (Å²) >= 11 is 0. The summed E-state index contributed by atoms with van der Waals surface area (Å²) in [5.41, 5.74) is -0.562. The molecule has 6 heteroatoms. The van der Waals surface area contributed by atoms with Crippen LogP contribution in [0, 0.1) is 11.8 Å². The molecule has 2 atom stereocenters. The highest BCUT2D eigenvalue weighted by Crippen LogP contribution is 2.38. The van der Waals surface area contributed by atoms with Gasteiger partial charge in [-0.05, 0) is 39.0 Å². The summed E-state index contributed by atoms with van der Waals surface area (Å²) in [4.78, 5) is 26.7. The van der Waals surface area contributed by atoms with Crippen molar-refractivity contribution in [2.24, 2.45) is 11.8 Å². The number of amides is 2. The second kappa shape index (κ2) is 8.19. The number of nitrogens with zero attached hydrogens (tertiary/aromatic N) is 1. The van der Waals surface area contributed by atoms with Crippen LogP contribution in [-0.4, -0.2) is 48.9 Å². The first-order chi connectivity index (χ1) is 11.3. The van der Waals surface area contributed by atoms with Gasteiger partial charge in [-0.25, -0.2) is 4.79 Å². The van der Waals surface area contributed by atoms with E-state index in [1.807, 2.05) is 20.8 Å². The molecule has 2 amide bonds. The minimum Gasteiger partial charge on any atom is -0.444 e. The fourth-order valence-electron chi connectivity index (χ4n) is 3.85. The van der Waals surface area contributed by atoms with E-state index in [0.717, 1.165) is 6.42 Å². The van der Waals surface area contributed by atoms with Crippen LogP contribution in [0.15, 0.2) is 0 Å². The average Bonchev–Trinajstić information content (AvgIpc) is 2.97. The monoisotopic (exact) mass is 340 g/mol. The molecule has 0 aromatic rings. The molecular formula is C18H32N2O4. The summed E-state index contributed by atoms with van der Waals surface area (Å²) in [6.07, 6.45) is 6.56. The lowest BCUT2D eigenvalue weighted by Crippen LogP contribution is -2.47. The van der Waals surface area contributed by atoms with E-state index < -0.39 is 17.7 Å². The highest BCUT2D eigenvalue weighted by Gasteiger charge is 2.43. The smallest absolute Gasteiger partial charge is 0.410 e. The lowest BCUT2D eigenvalue weighted by atomic mass is 9.79. The quantitative estimate of drug-likeness (QED) is 0.799. The summed E-state index contributed by atoms with van der Waals surface area (Å²) in [5, 5.41) is 2.73.